The number of aryl methyl sites for hydroxylation is 1. The van der Waals surface area contributed by atoms with Gasteiger partial charge in [-0.3, -0.25) is 4.79 Å². The molecule has 6 heteroatoms. The van der Waals surface area contributed by atoms with E-state index >= 15 is 0 Å². The predicted molar refractivity (Wildman–Crippen MR) is 82.8 cm³/mol. The van der Waals surface area contributed by atoms with Gasteiger partial charge in [0.05, 0.1) is 12.0 Å². The van der Waals surface area contributed by atoms with E-state index in [-0.39, 0.29) is 5.91 Å². The zero-order valence-corrected chi connectivity index (χ0v) is 12.9. The summed E-state index contributed by atoms with van der Waals surface area (Å²) in [6, 6.07) is 7.78. The van der Waals surface area contributed by atoms with E-state index in [0.29, 0.717) is 11.8 Å². The van der Waals surface area contributed by atoms with Crippen LogP contribution in [0.2, 0.25) is 0 Å². The number of likely N-dealkylation sites (tertiary alicyclic amines) is 1. The maximum atomic E-state index is 12.2. The molecule has 0 unspecified atom stereocenters. The van der Waals surface area contributed by atoms with Crippen molar-refractivity contribution < 1.29 is 9.21 Å². The number of nitrogens with zero attached hydrogens (tertiary/aromatic N) is 4. The molecule has 1 amide bonds. The van der Waals surface area contributed by atoms with Crippen LogP contribution in [0.15, 0.2) is 34.9 Å². The number of aromatic nitrogens is 2. The molecule has 0 aliphatic carbocycles. The predicted octanol–water partition coefficient (Wildman–Crippen LogP) is 2.12. The number of amides is 1. The van der Waals surface area contributed by atoms with E-state index in [1.807, 2.05) is 31.0 Å². The SMILES string of the molecule is Cc1ccc(N(C)C2CCN(C(=O)c3ccco3)CC2)nn1. The first-order chi connectivity index (χ1) is 10.6. The fraction of sp³-hybridized carbons (Fsp3) is 0.438. The molecule has 0 aromatic carbocycles. The summed E-state index contributed by atoms with van der Waals surface area (Å²) in [5, 5.41) is 8.33. The lowest BCUT2D eigenvalue weighted by atomic mass is 10.0. The Balaban J connectivity index is 1.59. The summed E-state index contributed by atoms with van der Waals surface area (Å²) in [6.45, 7) is 3.39. The summed E-state index contributed by atoms with van der Waals surface area (Å²) < 4.78 is 5.18. The fourth-order valence-corrected chi connectivity index (χ4v) is 2.78. The Morgan fingerprint density at radius 2 is 2.05 bits per heavy atom. The molecule has 116 valence electrons. The van der Waals surface area contributed by atoms with Crippen LogP contribution in [0.4, 0.5) is 5.82 Å². The van der Waals surface area contributed by atoms with Gasteiger partial charge in [-0.05, 0) is 44.0 Å². The summed E-state index contributed by atoms with van der Waals surface area (Å²) in [4.78, 5) is 16.2. The van der Waals surface area contributed by atoms with Gasteiger partial charge >= 0.3 is 0 Å². The maximum Gasteiger partial charge on any atom is 0.289 e. The molecule has 1 aliphatic rings. The van der Waals surface area contributed by atoms with Crippen LogP contribution in [0.1, 0.15) is 29.1 Å². The van der Waals surface area contributed by atoms with Gasteiger partial charge in [0.2, 0.25) is 0 Å². The molecule has 2 aromatic rings. The van der Waals surface area contributed by atoms with Crippen molar-refractivity contribution in [3.63, 3.8) is 0 Å². The Hall–Kier alpha value is -2.37. The lowest BCUT2D eigenvalue weighted by Gasteiger charge is -2.36. The second-order valence-electron chi connectivity index (χ2n) is 5.64. The molecule has 1 aliphatic heterocycles. The standard InChI is InChI=1S/C16H20N4O2/c1-12-5-6-15(18-17-12)19(2)13-7-9-20(10-8-13)16(21)14-4-3-11-22-14/h3-6,11,13H,7-10H2,1-2H3. The molecule has 3 rings (SSSR count). The summed E-state index contributed by atoms with van der Waals surface area (Å²) >= 11 is 0. The molecule has 3 heterocycles. The number of carbonyl (C=O) groups is 1. The minimum Gasteiger partial charge on any atom is -0.459 e. The van der Waals surface area contributed by atoms with E-state index in [1.54, 1.807) is 12.1 Å². The van der Waals surface area contributed by atoms with E-state index in [0.717, 1.165) is 37.4 Å². The first-order valence-electron chi connectivity index (χ1n) is 7.51. The highest BCUT2D eigenvalue weighted by molar-refractivity contribution is 5.91. The number of rotatable bonds is 3. The van der Waals surface area contributed by atoms with Crippen LogP contribution in [0, 0.1) is 6.92 Å². The number of furan rings is 1. The Labute approximate surface area is 129 Å². The van der Waals surface area contributed by atoms with Crippen molar-refractivity contribution in [2.75, 3.05) is 25.0 Å². The molecular formula is C16H20N4O2. The van der Waals surface area contributed by atoms with E-state index < -0.39 is 0 Å². The van der Waals surface area contributed by atoms with Gasteiger partial charge in [0, 0.05) is 26.2 Å². The molecule has 2 aromatic heterocycles. The van der Waals surface area contributed by atoms with Crippen molar-refractivity contribution in [1.29, 1.82) is 0 Å². The molecule has 0 saturated carbocycles. The Morgan fingerprint density at radius 3 is 2.64 bits per heavy atom. The first kappa shape index (κ1) is 14.6. The van der Waals surface area contributed by atoms with Gasteiger partial charge in [0.1, 0.15) is 0 Å². The van der Waals surface area contributed by atoms with Crippen LogP contribution in [0.5, 0.6) is 0 Å². The zero-order valence-electron chi connectivity index (χ0n) is 12.9. The number of hydrogen-bond acceptors (Lipinski definition) is 5. The third-order valence-corrected chi connectivity index (χ3v) is 4.18. The zero-order chi connectivity index (χ0) is 15.5. The highest BCUT2D eigenvalue weighted by Gasteiger charge is 2.27. The van der Waals surface area contributed by atoms with Crippen LogP contribution in [0.25, 0.3) is 0 Å². The van der Waals surface area contributed by atoms with Crippen LogP contribution >= 0.6 is 0 Å². The summed E-state index contributed by atoms with van der Waals surface area (Å²) in [6.07, 6.45) is 3.36. The van der Waals surface area contributed by atoms with Gasteiger partial charge in [-0.1, -0.05) is 0 Å². The van der Waals surface area contributed by atoms with E-state index in [9.17, 15) is 4.79 Å². The monoisotopic (exact) mass is 300 g/mol. The van der Waals surface area contributed by atoms with Gasteiger partial charge in [-0.25, -0.2) is 0 Å². The lowest BCUT2D eigenvalue weighted by Crippen LogP contribution is -2.45. The van der Waals surface area contributed by atoms with Crippen molar-refractivity contribution in [2.24, 2.45) is 0 Å². The average molecular weight is 300 g/mol. The van der Waals surface area contributed by atoms with Crippen LogP contribution in [-0.4, -0.2) is 47.2 Å². The van der Waals surface area contributed by atoms with Gasteiger partial charge in [-0.2, -0.15) is 5.10 Å². The molecule has 1 saturated heterocycles. The molecule has 1 fully saturated rings. The topological polar surface area (TPSA) is 62.5 Å². The normalized spacial score (nSPS) is 15.8. The fourth-order valence-electron chi connectivity index (χ4n) is 2.78. The molecular weight excluding hydrogens is 280 g/mol. The quantitative estimate of drug-likeness (QED) is 0.869. The van der Waals surface area contributed by atoms with Crippen LogP contribution in [0.3, 0.4) is 0 Å². The van der Waals surface area contributed by atoms with Crippen molar-refractivity contribution >= 4 is 11.7 Å². The number of piperidine rings is 1. The van der Waals surface area contributed by atoms with Crippen molar-refractivity contribution in [2.45, 2.75) is 25.8 Å². The minimum absolute atomic E-state index is 0.0266. The molecule has 0 bridgehead atoms. The largest absolute Gasteiger partial charge is 0.459 e. The average Bonchev–Trinajstić information content (AvgIpc) is 3.09. The van der Waals surface area contributed by atoms with E-state index in [1.165, 1.54) is 6.26 Å². The third kappa shape index (κ3) is 2.95. The molecule has 22 heavy (non-hydrogen) atoms. The van der Waals surface area contributed by atoms with Gasteiger partial charge in [0.15, 0.2) is 11.6 Å². The molecule has 0 atom stereocenters. The Kier molecular flexibility index (Phi) is 4.09. The van der Waals surface area contributed by atoms with E-state index in [4.69, 9.17) is 4.42 Å². The highest BCUT2D eigenvalue weighted by Crippen LogP contribution is 2.21. The molecule has 0 N–H and O–H groups in total. The van der Waals surface area contributed by atoms with Crippen LogP contribution in [-0.2, 0) is 0 Å². The molecule has 6 nitrogen and oxygen atoms in total. The third-order valence-electron chi connectivity index (χ3n) is 4.18. The minimum atomic E-state index is -0.0266. The second kappa shape index (κ2) is 6.17. The van der Waals surface area contributed by atoms with Crippen LogP contribution < -0.4 is 4.90 Å². The van der Waals surface area contributed by atoms with Gasteiger partial charge < -0.3 is 14.2 Å². The van der Waals surface area contributed by atoms with Crippen molar-refractivity contribution in [3.8, 4) is 0 Å². The maximum absolute atomic E-state index is 12.2. The Bertz CT molecular complexity index is 616. The van der Waals surface area contributed by atoms with E-state index in [2.05, 4.69) is 15.1 Å². The smallest absolute Gasteiger partial charge is 0.289 e. The number of anilines is 1. The van der Waals surface area contributed by atoms with Gasteiger partial charge in [0.25, 0.3) is 5.91 Å². The second-order valence-corrected chi connectivity index (χ2v) is 5.64. The first-order valence-corrected chi connectivity index (χ1v) is 7.51. The Morgan fingerprint density at radius 1 is 1.27 bits per heavy atom. The lowest BCUT2D eigenvalue weighted by molar-refractivity contribution is 0.0681. The number of hydrogen-bond donors (Lipinski definition) is 0. The summed E-state index contributed by atoms with van der Waals surface area (Å²) in [5.41, 5.74) is 0.913. The highest BCUT2D eigenvalue weighted by atomic mass is 16.3. The molecule has 0 radical (unpaired) electrons. The summed E-state index contributed by atoms with van der Waals surface area (Å²) in [7, 11) is 2.04. The van der Waals surface area contributed by atoms with Crippen molar-refractivity contribution in [1.82, 2.24) is 15.1 Å². The summed E-state index contributed by atoms with van der Waals surface area (Å²) in [5.74, 6) is 1.26. The molecule has 0 spiro atoms. The van der Waals surface area contributed by atoms with Crippen molar-refractivity contribution in [3.05, 3.63) is 42.0 Å². The number of carbonyl (C=O) groups excluding carboxylic acids is 1. The van der Waals surface area contributed by atoms with Gasteiger partial charge in [-0.15, -0.1) is 5.10 Å².